The van der Waals surface area contributed by atoms with Crippen molar-refractivity contribution >= 4 is 0 Å². The van der Waals surface area contributed by atoms with Crippen molar-refractivity contribution in [2.75, 3.05) is 13.2 Å². The van der Waals surface area contributed by atoms with Gasteiger partial charge in [0.05, 0.1) is 18.3 Å². The van der Waals surface area contributed by atoms with E-state index in [2.05, 4.69) is 5.32 Å². The largest absolute Gasteiger partial charge is 0.389 e. The zero-order valence-electron chi connectivity index (χ0n) is 11.4. The molecule has 0 aromatic heterocycles. The molecule has 2 rings (SSSR count). The number of aliphatic hydroxyl groups excluding tert-OH is 1. The summed E-state index contributed by atoms with van der Waals surface area (Å²) in [6.07, 6.45) is 5.13. The number of hydrogen-bond donors (Lipinski definition) is 2. The molecule has 1 atom stereocenters. The average Bonchev–Trinajstić information content (AvgIpc) is 3.06. The zero-order valence-corrected chi connectivity index (χ0v) is 11.4. The van der Waals surface area contributed by atoms with Crippen LogP contribution < -0.4 is 5.32 Å². The van der Waals surface area contributed by atoms with Gasteiger partial charge in [-0.1, -0.05) is 0 Å². The monoisotopic (exact) mass is 241 g/mol. The Hall–Kier alpha value is -0.120. The summed E-state index contributed by atoms with van der Waals surface area (Å²) in [4.78, 5) is 0. The molecule has 0 heterocycles. The fraction of sp³-hybridized carbons (Fsp3) is 1.00. The molecule has 17 heavy (non-hydrogen) atoms. The maximum Gasteiger partial charge on any atom is 0.0898 e. The van der Waals surface area contributed by atoms with Crippen molar-refractivity contribution in [3.63, 3.8) is 0 Å². The van der Waals surface area contributed by atoms with E-state index in [-0.39, 0.29) is 11.7 Å². The first-order chi connectivity index (χ1) is 7.96. The van der Waals surface area contributed by atoms with E-state index in [1.807, 2.05) is 20.8 Å². The third-order valence-electron chi connectivity index (χ3n) is 3.56. The standard InChI is InChI=1S/C14H27NO2/c1-14(2,3)17-9-12(16)8-15-13(10-4-5-10)11-6-7-11/h10-13,15-16H,4-9H2,1-3H3. The highest BCUT2D eigenvalue weighted by atomic mass is 16.5. The molecule has 0 aromatic rings. The maximum absolute atomic E-state index is 9.88. The van der Waals surface area contributed by atoms with E-state index in [0.717, 1.165) is 11.8 Å². The first-order valence-electron chi connectivity index (χ1n) is 7.01. The van der Waals surface area contributed by atoms with Gasteiger partial charge in [-0.05, 0) is 58.3 Å². The molecule has 3 nitrogen and oxygen atoms in total. The van der Waals surface area contributed by atoms with Crippen LogP contribution in [0.2, 0.25) is 0 Å². The van der Waals surface area contributed by atoms with Gasteiger partial charge in [0.25, 0.3) is 0 Å². The molecule has 2 saturated carbocycles. The van der Waals surface area contributed by atoms with Gasteiger partial charge < -0.3 is 15.2 Å². The van der Waals surface area contributed by atoms with Gasteiger partial charge in [-0.25, -0.2) is 0 Å². The van der Waals surface area contributed by atoms with Crippen LogP contribution in [0.15, 0.2) is 0 Å². The van der Waals surface area contributed by atoms with Gasteiger partial charge in [-0.2, -0.15) is 0 Å². The molecule has 0 spiro atoms. The first-order valence-corrected chi connectivity index (χ1v) is 7.01. The lowest BCUT2D eigenvalue weighted by Gasteiger charge is -2.24. The summed E-state index contributed by atoms with van der Waals surface area (Å²) in [7, 11) is 0. The summed E-state index contributed by atoms with van der Waals surface area (Å²) < 4.78 is 5.59. The van der Waals surface area contributed by atoms with Gasteiger partial charge >= 0.3 is 0 Å². The van der Waals surface area contributed by atoms with Crippen LogP contribution in [0.5, 0.6) is 0 Å². The number of rotatable bonds is 7. The van der Waals surface area contributed by atoms with Gasteiger partial charge in [-0.15, -0.1) is 0 Å². The molecule has 0 aliphatic heterocycles. The summed E-state index contributed by atoms with van der Waals surface area (Å²) in [6, 6.07) is 0.666. The van der Waals surface area contributed by atoms with E-state index >= 15 is 0 Å². The summed E-state index contributed by atoms with van der Waals surface area (Å²) in [5, 5.41) is 13.4. The minimum Gasteiger partial charge on any atom is -0.389 e. The average molecular weight is 241 g/mol. The maximum atomic E-state index is 9.88. The second-order valence-electron chi connectivity index (χ2n) is 6.69. The number of aliphatic hydroxyl groups is 1. The van der Waals surface area contributed by atoms with Crippen molar-refractivity contribution in [3.8, 4) is 0 Å². The van der Waals surface area contributed by atoms with Crippen molar-refractivity contribution in [2.45, 2.75) is 64.2 Å². The number of nitrogens with one attached hydrogen (secondary N) is 1. The molecule has 3 heteroatoms. The highest BCUT2D eigenvalue weighted by molar-refractivity contribution is 4.96. The van der Waals surface area contributed by atoms with Crippen LogP contribution in [-0.2, 0) is 4.74 Å². The molecule has 0 bridgehead atoms. The molecule has 2 N–H and O–H groups in total. The van der Waals surface area contributed by atoms with Gasteiger partial charge in [0.15, 0.2) is 0 Å². The fourth-order valence-corrected chi connectivity index (χ4v) is 2.31. The summed E-state index contributed by atoms with van der Waals surface area (Å²) in [6.45, 7) is 7.16. The lowest BCUT2D eigenvalue weighted by Crippen LogP contribution is -2.41. The van der Waals surface area contributed by atoms with E-state index in [9.17, 15) is 5.11 Å². The van der Waals surface area contributed by atoms with Crippen LogP contribution in [0, 0.1) is 11.8 Å². The van der Waals surface area contributed by atoms with Crippen LogP contribution in [-0.4, -0.2) is 36.0 Å². The van der Waals surface area contributed by atoms with Gasteiger partial charge in [0.2, 0.25) is 0 Å². The normalized spacial score (nSPS) is 23.1. The summed E-state index contributed by atoms with van der Waals surface area (Å²) >= 11 is 0. The second kappa shape index (κ2) is 5.25. The van der Waals surface area contributed by atoms with Crippen molar-refractivity contribution in [1.82, 2.24) is 5.32 Å². The Kier molecular flexibility index (Phi) is 4.11. The highest BCUT2D eigenvalue weighted by Crippen LogP contribution is 2.44. The third-order valence-corrected chi connectivity index (χ3v) is 3.56. The van der Waals surface area contributed by atoms with E-state index < -0.39 is 0 Å². The summed E-state index contributed by atoms with van der Waals surface area (Å²) in [5.41, 5.74) is -0.159. The summed E-state index contributed by atoms with van der Waals surface area (Å²) in [5.74, 6) is 1.77. The lowest BCUT2D eigenvalue weighted by atomic mass is 10.1. The van der Waals surface area contributed by atoms with E-state index in [1.54, 1.807) is 0 Å². The third kappa shape index (κ3) is 4.94. The van der Waals surface area contributed by atoms with Gasteiger partial charge in [0.1, 0.15) is 0 Å². The van der Waals surface area contributed by atoms with Crippen LogP contribution in [0.4, 0.5) is 0 Å². The Bertz CT molecular complexity index is 229. The van der Waals surface area contributed by atoms with Crippen LogP contribution in [0.1, 0.15) is 46.5 Å². The number of hydrogen-bond acceptors (Lipinski definition) is 3. The minimum atomic E-state index is -0.380. The van der Waals surface area contributed by atoms with Crippen molar-refractivity contribution in [1.29, 1.82) is 0 Å². The lowest BCUT2D eigenvalue weighted by molar-refractivity contribution is -0.0486. The van der Waals surface area contributed by atoms with Gasteiger partial charge in [0, 0.05) is 12.6 Å². The molecule has 100 valence electrons. The molecular weight excluding hydrogens is 214 g/mol. The Morgan fingerprint density at radius 2 is 1.71 bits per heavy atom. The van der Waals surface area contributed by atoms with Crippen LogP contribution in [0.3, 0.4) is 0 Å². The van der Waals surface area contributed by atoms with Crippen LogP contribution in [0.25, 0.3) is 0 Å². The zero-order chi connectivity index (χ0) is 12.5. The topological polar surface area (TPSA) is 41.5 Å². The highest BCUT2D eigenvalue weighted by Gasteiger charge is 2.41. The molecule has 0 aromatic carbocycles. The molecule has 2 aliphatic carbocycles. The Labute approximate surface area is 105 Å². The molecule has 0 radical (unpaired) electrons. The molecule has 0 amide bonds. The fourth-order valence-electron chi connectivity index (χ4n) is 2.31. The quantitative estimate of drug-likeness (QED) is 0.716. The van der Waals surface area contributed by atoms with Crippen molar-refractivity contribution in [2.24, 2.45) is 11.8 Å². The van der Waals surface area contributed by atoms with Gasteiger partial charge in [-0.3, -0.25) is 0 Å². The molecular formula is C14H27NO2. The molecule has 1 unspecified atom stereocenters. The minimum absolute atomic E-state index is 0.159. The van der Waals surface area contributed by atoms with Crippen molar-refractivity contribution < 1.29 is 9.84 Å². The predicted octanol–water partition coefficient (Wildman–Crippen LogP) is 1.94. The SMILES string of the molecule is CC(C)(C)OCC(O)CNC(C1CC1)C1CC1. The van der Waals surface area contributed by atoms with Crippen molar-refractivity contribution in [3.05, 3.63) is 0 Å². The van der Waals surface area contributed by atoms with E-state index in [1.165, 1.54) is 25.7 Å². The first kappa shape index (κ1) is 13.3. The molecule has 2 fully saturated rings. The molecule has 2 aliphatic rings. The van der Waals surface area contributed by atoms with Crippen LogP contribution >= 0.6 is 0 Å². The van der Waals surface area contributed by atoms with E-state index in [4.69, 9.17) is 4.74 Å². The Morgan fingerprint density at radius 3 is 2.12 bits per heavy atom. The molecule has 0 saturated heterocycles. The van der Waals surface area contributed by atoms with E-state index in [0.29, 0.717) is 19.2 Å². The predicted molar refractivity (Wildman–Crippen MR) is 69.0 cm³/mol. The smallest absolute Gasteiger partial charge is 0.0898 e. The second-order valence-corrected chi connectivity index (χ2v) is 6.69. The Balaban J connectivity index is 1.62. The number of ether oxygens (including phenoxy) is 1. The Morgan fingerprint density at radius 1 is 1.18 bits per heavy atom.